The number of ether oxygens (including phenoxy) is 2. The summed E-state index contributed by atoms with van der Waals surface area (Å²) in [7, 11) is 1.60. The van der Waals surface area contributed by atoms with Gasteiger partial charge in [-0.05, 0) is 31.2 Å². The lowest BCUT2D eigenvalue weighted by Crippen LogP contribution is -2.06. The van der Waals surface area contributed by atoms with E-state index in [0.717, 1.165) is 11.6 Å². The van der Waals surface area contributed by atoms with E-state index in [1.54, 1.807) is 38.3 Å². The lowest BCUT2D eigenvalue weighted by atomic mass is 10.2. The van der Waals surface area contributed by atoms with Gasteiger partial charge in [0, 0.05) is 25.0 Å². The predicted octanol–water partition coefficient (Wildman–Crippen LogP) is 4.43. The Hall–Kier alpha value is -2.45. The first-order valence-corrected chi connectivity index (χ1v) is 9.75. The molecule has 8 heteroatoms. The van der Waals surface area contributed by atoms with Crippen molar-refractivity contribution in [2.24, 2.45) is 0 Å². The summed E-state index contributed by atoms with van der Waals surface area (Å²) in [6.45, 7) is 3.04. The minimum Gasteiger partial charge on any atom is -0.462 e. The number of hydrogen-bond acceptors (Lipinski definition) is 5. The van der Waals surface area contributed by atoms with Gasteiger partial charge >= 0.3 is 5.97 Å². The van der Waals surface area contributed by atoms with Crippen LogP contribution in [0.25, 0.3) is 11.0 Å². The summed E-state index contributed by atoms with van der Waals surface area (Å²) in [4.78, 5) is 16.6. The third kappa shape index (κ3) is 4.34. The van der Waals surface area contributed by atoms with Crippen molar-refractivity contribution in [3.8, 4) is 0 Å². The third-order valence-corrected chi connectivity index (χ3v) is 5.16. The Morgan fingerprint density at radius 1 is 1.25 bits per heavy atom. The number of benzene rings is 2. The number of esters is 1. The molecule has 1 aromatic heterocycles. The molecule has 3 rings (SSSR count). The summed E-state index contributed by atoms with van der Waals surface area (Å²) in [6.07, 6.45) is 0. The zero-order valence-corrected chi connectivity index (χ0v) is 16.4. The Balaban J connectivity index is 1.92. The summed E-state index contributed by atoms with van der Waals surface area (Å²) in [6, 6.07) is 9.28. The normalized spacial score (nSPS) is 11.1. The number of carbonyl (C=O) groups is 1. The quantitative estimate of drug-likeness (QED) is 0.409. The molecular weight excluding hydrogens is 386 g/mol. The lowest BCUT2D eigenvalue weighted by molar-refractivity contribution is 0.0526. The zero-order valence-electron chi connectivity index (χ0n) is 15.6. The molecule has 3 aromatic rings. The van der Waals surface area contributed by atoms with Gasteiger partial charge in [0.15, 0.2) is 16.8 Å². The Kier molecular flexibility index (Phi) is 6.64. The Morgan fingerprint density at radius 3 is 2.82 bits per heavy atom. The average Bonchev–Trinajstić information content (AvgIpc) is 3.04. The van der Waals surface area contributed by atoms with E-state index in [1.807, 2.05) is 4.57 Å². The summed E-state index contributed by atoms with van der Waals surface area (Å²) >= 11 is 1.30. The molecule has 0 N–H and O–H groups in total. The fraction of sp³-hybridized carbons (Fsp3) is 0.300. The number of halogens is 2. The molecule has 2 aromatic carbocycles. The van der Waals surface area contributed by atoms with Crippen LogP contribution in [0.5, 0.6) is 0 Å². The second kappa shape index (κ2) is 9.16. The first-order valence-electron chi connectivity index (χ1n) is 8.77. The molecule has 0 amide bonds. The standard InChI is InChI=1S/C20H20F2N2O3S/c1-3-27-19(25)13-7-8-17-16(11-13)23-20(24(17)9-10-26-2)28-12-14-5-4-6-15(21)18(14)22/h4-8,11H,3,9-10,12H2,1-2H3. The molecule has 0 aliphatic carbocycles. The van der Waals surface area contributed by atoms with Crippen LogP contribution in [0.15, 0.2) is 41.6 Å². The van der Waals surface area contributed by atoms with Crippen molar-refractivity contribution < 1.29 is 23.0 Å². The fourth-order valence-corrected chi connectivity index (χ4v) is 3.78. The van der Waals surface area contributed by atoms with E-state index >= 15 is 0 Å². The smallest absolute Gasteiger partial charge is 0.338 e. The second-order valence-corrected chi connectivity index (χ2v) is 6.91. The molecule has 0 saturated carbocycles. The Bertz CT molecular complexity index is 991. The van der Waals surface area contributed by atoms with Crippen LogP contribution in [0.1, 0.15) is 22.8 Å². The third-order valence-electron chi connectivity index (χ3n) is 4.13. The molecular formula is C20H20F2N2O3S. The number of fused-ring (bicyclic) bond motifs is 1. The number of aromatic nitrogens is 2. The van der Waals surface area contributed by atoms with Crippen molar-refractivity contribution in [2.75, 3.05) is 20.3 Å². The van der Waals surface area contributed by atoms with E-state index < -0.39 is 17.6 Å². The maximum absolute atomic E-state index is 13.9. The molecule has 0 unspecified atom stereocenters. The summed E-state index contributed by atoms with van der Waals surface area (Å²) in [5, 5.41) is 0.636. The summed E-state index contributed by atoms with van der Waals surface area (Å²) in [5.41, 5.74) is 2.14. The van der Waals surface area contributed by atoms with E-state index in [-0.39, 0.29) is 11.3 Å². The molecule has 0 aliphatic rings. The number of methoxy groups -OCH3 is 1. The highest BCUT2D eigenvalue weighted by Crippen LogP contribution is 2.28. The Labute approximate surface area is 165 Å². The molecule has 5 nitrogen and oxygen atoms in total. The van der Waals surface area contributed by atoms with Gasteiger partial charge in [-0.3, -0.25) is 0 Å². The Morgan fingerprint density at radius 2 is 2.07 bits per heavy atom. The average molecular weight is 406 g/mol. The van der Waals surface area contributed by atoms with Gasteiger partial charge in [0.2, 0.25) is 0 Å². The minimum atomic E-state index is -0.870. The van der Waals surface area contributed by atoms with Crippen LogP contribution in [-0.4, -0.2) is 35.8 Å². The molecule has 0 spiro atoms. The van der Waals surface area contributed by atoms with Crippen molar-refractivity contribution in [3.05, 3.63) is 59.2 Å². The van der Waals surface area contributed by atoms with Crippen molar-refractivity contribution in [1.82, 2.24) is 9.55 Å². The molecule has 0 fully saturated rings. The number of rotatable bonds is 8. The minimum absolute atomic E-state index is 0.227. The number of carbonyl (C=O) groups excluding carboxylic acids is 1. The van der Waals surface area contributed by atoms with Crippen LogP contribution >= 0.6 is 11.8 Å². The largest absolute Gasteiger partial charge is 0.462 e. The molecule has 1 heterocycles. The topological polar surface area (TPSA) is 53.3 Å². The highest BCUT2D eigenvalue weighted by Gasteiger charge is 2.16. The maximum Gasteiger partial charge on any atom is 0.338 e. The number of thioether (sulfide) groups is 1. The van der Waals surface area contributed by atoms with E-state index in [9.17, 15) is 13.6 Å². The second-order valence-electron chi connectivity index (χ2n) is 5.96. The van der Waals surface area contributed by atoms with Crippen LogP contribution in [0.2, 0.25) is 0 Å². The van der Waals surface area contributed by atoms with Crippen molar-refractivity contribution in [3.63, 3.8) is 0 Å². The number of nitrogens with zero attached hydrogens (tertiary/aromatic N) is 2. The molecule has 148 valence electrons. The predicted molar refractivity (Wildman–Crippen MR) is 103 cm³/mol. The van der Waals surface area contributed by atoms with Gasteiger partial charge in [0.25, 0.3) is 0 Å². The van der Waals surface area contributed by atoms with E-state index in [4.69, 9.17) is 9.47 Å². The van der Waals surface area contributed by atoms with E-state index in [2.05, 4.69) is 4.98 Å². The fourth-order valence-electron chi connectivity index (χ4n) is 2.76. The number of hydrogen-bond donors (Lipinski definition) is 0. The molecule has 0 bridgehead atoms. The molecule has 0 saturated heterocycles. The molecule has 0 atom stereocenters. The molecule has 0 aliphatic heterocycles. The molecule has 28 heavy (non-hydrogen) atoms. The van der Waals surface area contributed by atoms with Crippen LogP contribution in [-0.2, 0) is 21.8 Å². The highest BCUT2D eigenvalue weighted by atomic mass is 32.2. The maximum atomic E-state index is 13.9. The first kappa shape index (κ1) is 20.3. The van der Waals surface area contributed by atoms with Gasteiger partial charge < -0.3 is 14.0 Å². The van der Waals surface area contributed by atoms with E-state index in [1.165, 1.54) is 17.8 Å². The van der Waals surface area contributed by atoms with Crippen molar-refractivity contribution in [1.29, 1.82) is 0 Å². The lowest BCUT2D eigenvalue weighted by Gasteiger charge is -2.09. The zero-order chi connectivity index (χ0) is 20.1. The number of imidazole rings is 1. The van der Waals surface area contributed by atoms with E-state index in [0.29, 0.717) is 36.0 Å². The van der Waals surface area contributed by atoms with Gasteiger partial charge in [-0.25, -0.2) is 18.6 Å². The highest BCUT2D eigenvalue weighted by molar-refractivity contribution is 7.98. The van der Waals surface area contributed by atoms with Crippen LogP contribution in [0.3, 0.4) is 0 Å². The van der Waals surface area contributed by atoms with Gasteiger partial charge in [-0.15, -0.1) is 0 Å². The van der Waals surface area contributed by atoms with Crippen LogP contribution < -0.4 is 0 Å². The monoisotopic (exact) mass is 406 g/mol. The molecule has 0 radical (unpaired) electrons. The van der Waals surface area contributed by atoms with Gasteiger partial charge in [-0.2, -0.15) is 0 Å². The van der Waals surface area contributed by atoms with Crippen LogP contribution in [0, 0.1) is 11.6 Å². The SMILES string of the molecule is CCOC(=O)c1ccc2c(c1)nc(SCc1cccc(F)c1F)n2CCOC. The summed E-state index contributed by atoms with van der Waals surface area (Å²) < 4.78 is 39.5. The van der Waals surface area contributed by atoms with Crippen LogP contribution in [0.4, 0.5) is 8.78 Å². The first-order chi connectivity index (χ1) is 13.5. The van der Waals surface area contributed by atoms with Gasteiger partial charge in [-0.1, -0.05) is 23.9 Å². The van der Waals surface area contributed by atoms with Gasteiger partial charge in [0.1, 0.15) is 0 Å². The van der Waals surface area contributed by atoms with Crippen molar-refractivity contribution in [2.45, 2.75) is 24.4 Å². The summed E-state index contributed by atoms with van der Waals surface area (Å²) in [5.74, 6) is -1.90. The van der Waals surface area contributed by atoms with Gasteiger partial charge in [0.05, 0.1) is 29.8 Å². The van der Waals surface area contributed by atoms with Crippen molar-refractivity contribution >= 4 is 28.8 Å².